The molecule has 2 aromatic carbocycles. The highest BCUT2D eigenvalue weighted by Crippen LogP contribution is 2.20. The topological polar surface area (TPSA) is 128 Å². The van der Waals surface area contributed by atoms with Crippen LogP contribution >= 0.6 is 0 Å². The van der Waals surface area contributed by atoms with E-state index in [-0.39, 0.29) is 23.6 Å². The summed E-state index contributed by atoms with van der Waals surface area (Å²) < 4.78 is 14.7. The highest BCUT2D eigenvalue weighted by molar-refractivity contribution is 5.98. The predicted octanol–water partition coefficient (Wildman–Crippen LogP) is 2.92. The number of hydrogen-bond acceptors (Lipinski definition) is 7. The van der Waals surface area contributed by atoms with Crippen LogP contribution in [-0.4, -0.2) is 37.1 Å². The number of nitrogens with zero attached hydrogens (tertiary/aromatic N) is 5. The van der Waals surface area contributed by atoms with E-state index in [1.807, 2.05) is 0 Å². The molecule has 2 N–H and O–H groups in total. The molecular formula is C21H18FN7O3. The van der Waals surface area contributed by atoms with Gasteiger partial charge in [0.05, 0.1) is 23.1 Å². The molecule has 2 heterocycles. The van der Waals surface area contributed by atoms with E-state index >= 15 is 0 Å². The average molecular weight is 435 g/mol. The van der Waals surface area contributed by atoms with Crippen molar-refractivity contribution >= 4 is 28.4 Å². The molecule has 32 heavy (non-hydrogen) atoms. The van der Waals surface area contributed by atoms with Gasteiger partial charge in [0.2, 0.25) is 0 Å². The van der Waals surface area contributed by atoms with Gasteiger partial charge in [-0.25, -0.2) is 19.0 Å². The number of rotatable bonds is 8. The van der Waals surface area contributed by atoms with Gasteiger partial charge in [0.15, 0.2) is 5.65 Å². The molecular weight excluding hydrogens is 417 g/mol. The fourth-order valence-corrected chi connectivity index (χ4v) is 3.18. The Morgan fingerprint density at radius 1 is 1.12 bits per heavy atom. The molecule has 0 aliphatic heterocycles. The number of fused-ring (bicyclic) bond motifs is 1. The lowest BCUT2D eigenvalue weighted by molar-refractivity contribution is -0.385. The molecule has 4 aromatic rings. The summed E-state index contributed by atoms with van der Waals surface area (Å²) in [7, 11) is 0. The van der Waals surface area contributed by atoms with Crippen LogP contribution in [0, 0.1) is 15.9 Å². The summed E-state index contributed by atoms with van der Waals surface area (Å²) >= 11 is 0. The van der Waals surface area contributed by atoms with Gasteiger partial charge in [-0.3, -0.25) is 14.9 Å². The van der Waals surface area contributed by atoms with Crippen LogP contribution in [0.4, 0.5) is 15.9 Å². The summed E-state index contributed by atoms with van der Waals surface area (Å²) in [5.41, 5.74) is 1.21. The normalized spacial score (nSPS) is 10.8. The van der Waals surface area contributed by atoms with Crippen molar-refractivity contribution < 1.29 is 14.1 Å². The number of benzene rings is 2. The zero-order valence-corrected chi connectivity index (χ0v) is 16.7. The molecule has 0 bridgehead atoms. The van der Waals surface area contributed by atoms with Crippen LogP contribution in [-0.2, 0) is 13.1 Å². The monoisotopic (exact) mass is 435 g/mol. The van der Waals surface area contributed by atoms with E-state index in [9.17, 15) is 19.3 Å². The number of halogens is 1. The fraction of sp³-hybridized carbons (Fsp3) is 0.143. The maximum atomic E-state index is 13.1. The maximum absolute atomic E-state index is 13.1. The van der Waals surface area contributed by atoms with Crippen molar-refractivity contribution in [1.29, 1.82) is 0 Å². The lowest BCUT2D eigenvalue weighted by Gasteiger charge is -2.08. The van der Waals surface area contributed by atoms with Crippen LogP contribution in [0.3, 0.4) is 0 Å². The van der Waals surface area contributed by atoms with Gasteiger partial charge in [0.1, 0.15) is 23.5 Å². The van der Waals surface area contributed by atoms with Crippen molar-refractivity contribution in [3.05, 3.63) is 88.1 Å². The van der Waals surface area contributed by atoms with Crippen LogP contribution in [0.1, 0.15) is 15.9 Å². The number of nitrogens with one attached hydrogen (secondary N) is 2. The second-order valence-electron chi connectivity index (χ2n) is 6.84. The van der Waals surface area contributed by atoms with Crippen LogP contribution < -0.4 is 10.6 Å². The first-order valence-electron chi connectivity index (χ1n) is 9.69. The molecule has 0 radical (unpaired) electrons. The molecule has 0 atom stereocenters. The standard InChI is InChI=1S/C21H18FN7O3/c22-15-7-5-14(6-8-15)11-24-19-17-12-27-28(20(17)26-13-25-19)10-9-23-21(30)16-3-1-2-4-18(16)29(31)32/h1-8,12-13H,9-11H2,(H,23,30)(H,24,25,26). The Bertz CT molecular complexity index is 1270. The highest BCUT2D eigenvalue weighted by Gasteiger charge is 2.19. The summed E-state index contributed by atoms with van der Waals surface area (Å²) in [5.74, 6) is -0.257. The van der Waals surface area contributed by atoms with Crippen LogP contribution in [0.25, 0.3) is 11.0 Å². The quantitative estimate of drug-likeness (QED) is 0.322. The first-order valence-corrected chi connectivity index (χ1v) is 9.69. The maximum Gasteiger partial charge on any atom is 0.282 e. The smallest absolute Gasteiger partial charge is 0.282 e. The molecule has 11 heteroatoms. The number of carbonyl (C=O) groups is 1. The van der Waals surface area contributed by atoms with Crippen molar-refractivity contribution in [2.24, 2.45) is 0 Å². The van der Waals surface area contributed by atoms with Gasteiger partial charge in [0.25, 0.3) is 11.6 Å². The van der Waals surface area contributed by atoms with Crippen molar-refractivity contribution in [2.75, 3.05) is 11.9 Å². The van der Waals surface area contributed by atoms with Gasteiger partial charge in [-0.15, -0.1) is 0 Å². The first kappa shape index (κ1) is 20.8. The predicted molar refractivity (Wildman–Crippen MR) is 114 cm³/mol. The Kier molecular flexibility index (Phi) is 5.97. The number of anilines is 1. The molecule has 0 aliphatic rings. The largest absolute Gasteiger partial charge is 0.365 e. The molecule has 0 fully saturated rings. The van der Waals surface area contributed by atoms with Gasteiger partial charge in [-0.1, -0.05) is 24.3 Å². The van der Waals surface area contributed by atoms with Crippen molar-refractivity contribution in [2.45, 2.75) is 13.1 Å². The number of nitro groups is 1. The number of aromatic nitrogens is 4. The summed E-state index contributed by atoms with van der Waals surface area (Å²) in [6.07, 6.45) is 3.02. The van der Waals surface area contributed by atoms with Crippen molar-refractivity contribution in [3.8, 4) is 0 Å². The molecule has 0 unspecified atom stereocenters. The zero-order chi connectivity index (χ0) is 22.5. The van der Waals surface area contributed by atoms with Gasteiger partial charge in [-0.2, -0.15) is 5.10 Å². The second kappa shape index (κ2) is 9.16. The zero-order valence-electron chi connectivity index (χ0n) is 16.7. The summed E-state index contributed by atoms with van der Waals surface area (Å²) in [6.45, 7) is 0.956. The van der Waals surface area contributed by atoms with E-state index < -0.39 is 10.8 Å². The van der Waals surface area contributed by atoms with E-state index in [2.05, 4.69) is 25.7 Å². The van der Waals surface area contributed by atoms with Gasteiger partial charge in [0, 0.05) is 19.2 Å². The average Bonchev–Trinajstić information content (AvgIpc) is 3.22. The summed E-state index contributed by atoms with van der Waals surface area (Å²) in [5, 5.41) is 22.0. The molecule has 162 valence electrons. The Balaban J connectivity index is 1.41. The van der Waals surface area contributed by atoms with E-state index in [1.54, 1.807) is 29.1 Å². The Labute approximate surface area is 181 Å². The fourth-order valence-electron chi connectivity index (χ4n) is 3.18. The van der Waals surface area contributed by atoms with Crippen LogP contribution in [0.15, 0.2) is 61.1 Å². The molecule has 2 aromatic heterocycles. The van der Waals surface area contributed by atoms with Gasteiger partial charge >= 0.3 is 0 Å². The number of para-hydroxylation sites is 1. The first-order chi connectivity index (χ1) is 15.5. The Morgan fingerprint density at radius 2 is 1.91 bits per heavy atom. The molecule has 0 spiro atoms. The summed E-state index contributed by atoms with van der Waals surface area (Å²) in [4.78, 5) is 31.4. The minimum atomic E-state index is -0.590. The third-order valence-electron chi connectivity index (χ3n) is 4.76. The molecule has 1 amide bonds. The Morgan fingerprint density at radius 3 is 2.69 bits per heavy atom. The number of carbonyl (C=O) groups excluding carboxylic acids is 1. The molecule has 4 rings (SSSR count). The van der Waals surface area contributed by atoms with Crippen LogP contribution in [0.2, 0.25) is 0 Å². The van der Waals surface area contributed by atoms with Crippen LogP contribution in [0.5, 0.6) is 0 Å². The third-order valence-corrected chi connectivity index (χ3v) is 4.76. The molecule has 0 saturated heterocycles. The lowest BCUT2D eigenvalue weighted by Crippen LogP contribution is -2.28. The van der Waals surface area contributed by atoms with E-state index in [0.717, 1.165) is 5.56 Å². The molecule has 0 aliphatic carbocycles. The SMILES string of the molecule is O=C(NCCn1ncc2c(NCc3ccc(F)cc3)ncnc21)c1ccccc1[N+](=O)[O-]. The van der Waals surface area contributed by atoms with Crippen molar-refractivity contribution in [1.82, 2.24) is 25.1 Å². The minimum Gasteiger partial charge on any atom is -0.365 e. The molecule has 10 nitrogen and oxygen atoms in total. The molecule has 0 saturated carbocycles. The number of nitro benzene ring substituents is 1. The highest BCUT2D eigenvalue weighted by atomic mass is 19.1. The number of hydrogen-bond donors (Lipinski definition) is 2. The van der Waals surface area contributed by atoms with Crippen molar-refractivity contribution in [3.63, 3.8) is 0 Å². The van der Waals surface area contributed by atoms with E-state index in [0.29, 0.717) is 29.9 Å². The van der Waals surface area contributed by atoms with E-state index in [1.165, 1.54) is 36.7 Å². The lowest BCUT2D eigenvalue weighted by atomic mass is 10.1. The minimum absolute atomic E-state index is 0.00238. The van der Waals surface area contributed by atoms with Gasteiger partial charge in [-0.05, 0) is 23.8 Å². The number of amides is 1. The second-order valence-corrected chi connectivity index (χ2v) is 6.84. The Hall–Kier alpha value is -4.41. The van der Waals surface area contributed by atoms with Gasteiger partial charge < -0.3 is 10.6 Å². The third kappa shape index (κ3) is 4.51. The van der Waals surface area contributed by atoms with E-state index in [4.69, 9.17) is 0 Å². The summed E-state index contributed by atoms with van der Waals surface area (Å²) in [6, 6.07) is 11.9.